The van der Waals surface area contributed by atoms with Crippen molar-refractivity contribution in [3.63, 3.8) is 0 Å². The van der Waals surface area contributed by atoms with E-state index in [-0.39, 0.29) is 11.0 Å². The molecule has 26 heavy (non-hydrogen) atoms. The summed E-state index contributed by atoms with van der Waals surface area (Å²) in [6, 6.07) is 11.5. The van der Waals surface area contributed by atoms with Crippen molar-refractivity contribution < 1.29 is 19.4 Å². The van der Waals surface area contributed by atoms with Crippen LogP contribution in [0.5, 0.6) is 5.06 Å². The largest absolute Gasteiger partial charge is 0.512 e. The molecule has 0 spiro atoms. The molecule has 1 aliphatic rings. The van der Waals surface area contributed by atoms with Gasteiger partial charge in [0.1, 0.15) is 0 Å². The van der Waals surface area contributed by atoms with Gasteiger partial charge in [0.2, 0.25) is 11.0 Å². The Morgan fingerprint density at radius 1 is 1.23 bits per heavy atom. The zero-order valence-corrected chi connectivity index (χ0v) is 15.6. The predicted octanol–water partition coefficient (Wildman–Crippen LogP) is 5.41. The normalized spacial score (nSPS) is 14.3. The molecule has 3 rings (SSSR count). The number of carboxylic acid groups (broad SMARTS) is 1. The minimum atomic E-state index is -1.38. The molecule has 1 aromatic heterocycles. The number of hydrogen-bond donors (Lipinski definition) is 1. The van der Waals surface area contributed by atoms with E-state index in [1.807, 2.05) is 36.4 Å². The zero-order valence-electron chi connectivity index (χ0n) is 14.8. The van der Waals surface area contributed by atoms with Crippen molar-refractivity contribution in [2.24, 2.45) is 5.92 Å². The molecule has 138 valence electrons. The number of ether oxygens (including phenoxy) is 1. The van der Waals surface area contributed by atoms with Gasteiger partial charge in [-0.15, -0.1) is 0 Å². The van der Waals surface area contributed by atoms with Gasteiger partial charge in [0.25, 0.3) is 0 Å². The fourth-order valence-corrected chi connectivity index (χ4v) is 4.46. The molecule has 0 unspecified atom stereocenters. The van der Waals surface area contributed by atoms with Gasteiger partial charge < -0.3 is 14.7 Å². The molecule has 0 radical (unpaired) electrons. The summed E-state index contributed by atoms with van der Waals surface area (Å²) in [5.74, 6) is 0.633. The van der Waals surface area contributed by atoms with E-state index in [0.29, 0.717) is 18.0 Å². The van der Waals surface area contributed by atoms with E-state index < -0.39 is 6.16 Å². The quantitative estimate of drug-likeness (QED) is 0.688. The van der Waals surface area contributed by atoms with Crippen LogP contribution in [-0.4, -0.2) is 24.2 Å². The number of benzene rings is 1. The maximum Gasteiger partial charge on any atom is 0.512 e. The van der Waals surface area contributed by atoms with Gasteiger partial charge in [-0.25, -0.2) is 4.79 Å². The van der Waals surface area contributed by atoms with Crippen LogP contribution in [-0.2, 0) is 4.79 Å². The van der Waals surface area contributed by atoms with Crippen LogP contribution >= 0.6 is 11.3 Å². The standard InChI is InChI=1S/C20H23NO4S/c1-21(18(22)12-11-14-7-5-6-8-14)16-13-17(15-9-3-2-4-10-15)26-19(16)25-20(23)24/h2-4,9-10,13-14H,5-8,11-12H2,1H3,(H,23,24). The van der Waals surface area contributed by atoms with E-state index >= 15 is 0 Å². The minimum Gasteiger partial charge on any atom is -0.449 e. The van der Waals surface area contributed by atoms with E-state index in [0.717, 1.165) is 16.9 Å². The van der Waals surface area contributed by atoms with Crippen molar-refractivity contribution in [3.05, 3.63) is 36.4 Å². The van der Waals surface area contributed by atoms with Crippen molar-refractivity contribution in [2.75, 3.05) is 11.9 Å². The molecular weight excluding hydrogens is 350 g/mol. The third-order valence-electron chi connectivity index (χ3n) is 4.89. The van der Waals surface area contributed by atoms with Gasteiger partial charge in [0, 0.05) is 18.3 Å². The highest BCUT2D eigenvalue weighted by Gasteiger charge is 2.23. The molecule has 5 nitrogen and oxygen atoms in total. The molecule has 1 heterocycles. The molecule has 6 heteroatoms. The summed E-state index contributed by atoms with van der Waals surface area (Å²) in [5, 5.41) is 9.25. The Hall–Kier alpha value is -2.34. The molecule has 0 saturated heterocycles. The van der Waals surface area contributed by atoms with Gasteiger partial charge in [-0.05, 0) is 24.0 Å². The lowest BCUT2D eigenvalue weighted by atomic mass is 10.0. The molecule has 1 saturated carbocycles. The first kappa shape index (κ1) is 18.5. The van der Waals surface area contributed by atoms with Crippen LogP contribution in [0.15, 0.2) is 36.4 Å². The van der Waals surface area contributed by atoms with E-state index in [4.69, 9.17) is 9.84 Å². The van der Waals surface area contributed by atoms with Crippen molar-refractivity contribution >= 4 is 29.1 Å². The number of anilines is 1. The first-order chi connectivity index (χ1) is 12.5. The zero-order chi connectivity index (χ0) is 18.5. The maximum atomic E-state index is 12.6. The molecule has 1 amide bonds. The number of amides is 1. The van der Waals surface area contributed by atoms with E-state index in [1.54, 1.807) is 7.05 Å². The Labute approximate surface area is 157 Å². The highest BCUT2D eigenvalue weighted by Crippen LogP contribution is 2.43. The number of rotatable bonds is 6. The number of carbonyl (C=O) groups is 2. The average molecular weight is 373 g/mol. The topological polar surface area (TPSA) is 66.8 Å². The highest BCUT2D eigenvalue weighted by atomic mass is 32.1. The molecule has 0 atom stereocenters. The van der Waals surface area contributed by atoms with Crippen LogP contribution < -0.4 is 9.64 Å². The molecule has 2 aromatic rings. The van der Waals surface area contributed by atoms with Crippen LogP contribution in [0.25, 0.3) is 10.4 Å². The summed E-state index contributed by atoms with van der Waals surface area (Å²) in [6.45, 7) is 0. The first-order valence-corrected chi connectivity index (χ1v) is 9.73. The lowest BCUT2D eigenvalue weighted by molar-refractivity contribution is -0.118. The first-order valence-electron chi connectivity index (χ1n) is 8.91. The second kappa shape index (κ2) is 8.36. The Balaban J connectivity index is 1.78. The Morgan fingerprint density at radius 3 is 2.58 bits per heavy atom. The van der Waals surface area contributed by atoms with E-state index in [1.165, 1.54) is 41.9 Å². The Kier molecular flexibility index (Phi) is 5.93. The summed E-state index contributed by atoms with van der Waals surface area (Å²) in [5.41, 5.74) is 1.47. The van der Waals surface area contributed by atoms with Crippen LogP contribution in [0.4, 0.5) is 10.5 Å². The second-order valence-electron chi connectivity index (χ2n) is 6.66. The van der Waals surface area contributed by atoms with Gasteiger partial charge in [0.15, 0.2) is 0 Å². The molecule has 1 aliphatic carbocycles. The molecule has 0 aliphatic heterocycles. The minimum absolute atomic E-state index is 0.00968. The van der Waals surface area contributed by atoms with Crippen LogP contribution in [0.1, 0.15) is 38.5 Å². The van der Waals surface area contributed by atoms with Gasteiger partial charge in [-0.1, -0.05) is 67.4 Å². The molecular formula is C20H23NO4S. The second-order valence-corrected chi connectivity index (χ2v) is 7.67. The van der Waals surface area contributed by atoms with Gasteiger partial charge in [0.05, 0.1) is 5.69 Å². The van der Waals surface area contributed by atoms with E-state index in [9.17, 15) is 9.59 Å². The molecule has 1 fully saturated rings. The Morgan fingerprint density at radius 2 is 1.92 bits per heavy atom. The molecule has 1 N–H and O–H groups in total. The lowest BCUT2D eigenvalue weighted by Crippen LogP contribution is -2.26. The lowest BCUT2D eigenvalue weighted by Gasteiger charge is -2.18. The monoisotopic (exact) mass is 373 g/mol. The van der Waals surface area contributed by atoms with E-state index in [2.05, 4.69) is 0 Å². The summed E-state index contributed by atoms with van der Waals surface area (Å²) in [7, 11) is 1.68. The van der Waals surface area contributed by atoms with Crippen LogP contribution in [0, 0.1) is 5.92 Å². The van der Waals surface area contributed by atoms with Gasteiger partial charge in [-0.2, -0.15) is 0 Å². The van der Waals surface area contributed by atoms with Crippen molar-refractivity contribution in [1.82, 2.24) is 0 Å². The smallest absolute Gasteiger partial charge is 0.449 e. The third-order valence-corrected chi connectivity index (χ3v) is 5.95. The van der Waals surface area contributed by atoms with Gasteiger partial charge in [-0.3, -0.25) is 4.79 Å². The van der Waals surface area contributed by atoms with Crippen molar-refractivity contribution in [1.29, 1.82) is 0 Å². The highest BCUT2D eigenvalue weighted by molar-refractivity contribution is 7.18. The summed E-state index contributed by atoms with van der Waals surface area (Å²) < 4.78 is 4.94. The van der Waals surface area contributed by atoms with Crippen molar-refractivity contribution in [2.45, 2.75) is 38.5 Å². The summed E-state index contributed by atoms with van der Waals surface area (Å²) in [6.07, 6.45) is 4.94. The van der Waals surface area contributed by atoms with Crippen LogP contribution in [0.2, 0.25) is 0 Å². The van der Waals surface area contributed by atoms with Crippen LogP contribution in [0.3, 0.4) is 0 Å². The SMILES string of the molecule is CN(C(=O)CCC1CCCC1)c1cc(-c2ccccc2)sc1OC(=O)O. The van der Waals surface area contributed by atoms with Gasteiger partial charge >= 0.3 is 6.16 Å². The number of nitrogens with zero attached hydrogens (tertiary/aromatic N) is 1. The fourth-order valence-electron chi connectivity index (χ4n) is 3.42. The molecule has 0 bridgehead atoms. The number of carbonyl (C=O) groups excluding carboxylic acids is 1. The fraction of sp³-hybridized carbons (Fsp3) is 0.400. The average Bonchev–Trinajstić information content (AvgIpc) is 3.29. The summed E-state index contributed by atoms with van der Waals surface area (Å²) in [4.78, 5) is 26.0. The van der Waals surface area contributed by atoms with Crippen molar-refractivity contribution in [3.8, 4) is 15.5 Å². The predicted molar refractivity (Wildman–Crippen MR) is 103 cm³/mol. The summed E-state index contributed by atoms with van der Waals surface area (Å²) >= 11 is 1.23. The number of thiophene rings is 1. The molecule has 1 aromatic carbocycles. The number of hydrogen-bond acceptors (Lipinski definition) is 4. The Bertz CT molecular complexity index is 765. The maximum absolute atomic E-state index is 12.6. The third kappa shape index (κ3) is 4.43.